The van der Waals surface area contributed by atoms with E-state index >= 15 is 0 Å². The van der Waals surface area contributed by atoms with Gasteiger partial charge in [-0.3, -0.25) is 9.59 Å². The first kappa shape index (κ1) is 24.6. The summed E-state index contributed by atoms with van der Waals surface area (Å²) in [5.74, 6) is -0.751. The fraction of sp³-hybridized carbons (Fsp3) is 0.310. The summed E-state index contributed by atoms with van der Waals surface area (Å²) in [6.07, 6.45) is 1.29. The number of halogens is 2. The predicted molar refractivity (Wildman–Crippen MR) is 133 cm³/mol. The molecular formula is C29H30F2N2O2. The molecule has 0 aromatic heterocycles. The summed E-state index contributed by atoms with van der Waals surface area (Å²) < 4.78 is 27.3. The van der Waals surface area contributed by atoms with Gasteiger partial charge in [0.05, 0.1) is 0 Å². The first-order valence-corrected chi connectivity index (χ1v) is 11.9. The lowest BCUT2D eigenvalue weighted by Gasteiger charge is -2.38. The van der Waals surface area contributed by atoms with Crippen LogP contribution < -0.4 is 10.2 Å². The second kappa shape index (κ2) is 10.4. The first-order chi connectivity index (χ1) is 16.7. The quantitative estimate of drug-likeness (QED) is 0.493. The van der Waals surface area contributed by atoms with E-state index in [0.717, 1.165) is 22.4 Å². The minimum atomic E-state index is -0.320. The van der Waals surface area contributed by atoms with E-state index in [1.54, 1.807) is 36.4 Å². The molecule has 6 heteroatoms. The summed E-state index contributed by atoms with van der Waals surface area (Å²) in [6.45, 7) is 6.52. The summed E-state index contributed by atoms with van der Waals surface area (Å²) in [4.78, 5) is 27.7. The Morgan fingerprint density at radius 1 is 1.03 bits per heavy atom. The van der Waals surface area contributed by atoms with Gasteiger partial charge in [0.15, 0.2) is 0 Å². The van der Waals surface area contributed by atoms with Gasteiger partial charge in [-0.05, 0) is 85.2 Å². The van der Waals surface area contributed by atoms with Crippen molar-refractivity contribution < 1.29 is 18.4 Å². The number of benzene rings is 3. The topological polar surface area (TPSA) is 49.4 Å². The zero-order valence-electron chi connectivity index (χ0n) is 20.3. The Morgan fingerprint density at radius 2 is 1.69 bits per heavy atom. The van der Waals surface area contributed by atoms with Crippen molar-refractivity contribution in [1.82, 2.24) is 5.32 Å². The first-order valence-electron chi connectivity index (χ1n) is 11.9. The van der Waals surface area contributed by atoms with Crippen molar-refractivity contribution in [3.63, 3.8) is 0 Å². The highest BCUT2D eigenvalue weighted by molar-refractivity contribution is 5.99. The molecule has 4 rings (SSSR count). The van der Waals surface area contributed by atoms with Crippen LogP contribution in [0.2, 0.25) is 0 Å². The molecule has 35 heavy (non-hydrogen) atoms. The van der Waals surface area contributed by atoms with E-state index in [4.69, 9.17) is 0 Å². The Bertz CT molecular complexity index is 1220. The fourth-order valence-electron chi connectivity index (χ4n) is 5.01. The number of carbonyl (C=O) groups excluding carboxylic acids is 2. The van der Waals surface area contributed by atoms with Crippen molar-refractivity contribution in [2.45, 2.75) is 40.2 Å². The third kappa shape index (κ3) is 5.59. The molecule has 2 atom stereocenters. The molecular weight excluding hydrogens is 446 g/mol. The Kier molecular flexibility index (Phi) is 7.29. The summed E-state index contributed by atoms with van der Waals surface area (Å²) in [5, 5.41) is 2.87. The van der Waals surface area contributed by atoms with E-state index in [1.807, 2.05) is 31.7 Å². The van der Waals surface area contributed by atoms with Crippen molar-refractivity contribution in [2.24, 2.45) is 11.8 Å². The molecule has 1 fully saturated rings. The molecule has 1 aliphatic heterocycles. The second-order valence-corrected chi connectivity index (χ2v) is 9.51. The lowest BCUT2D eigenvalue weighted by atomic mass is 9.84. The smallest absolute Gasteiger partial charge is 0.251 e. The van der Waals surface area contributed by atoms with Crippen molar-refractivity contribution >= 4 is 17.5 Å². The molecule has 0 radical (unpaired) electrons. The molecule has 0 unspecified atom stereocenters. The lowest BCUT2D eigenvalue weighted by Crippen LogP contribution is -2.46. The molecule has 1 aliphatic rings. The number of piperidine rings is 1. The van der Waals surface area contributed by atoms with Crippen LogP contribution in [0.25, 0.3) is 0 Å². The fourth-order valence-corrected chi connectivity index (χ4v) is 5.01. The third-order valence-electron chi connectivity index (χ3n) is 6.67. The van der Waals surface area contributed by atoms with Crippen molar-refractivity contribution in [2.75, 3.05) is 11.4 Å². The number of anilines is 1. The second-order valence-electron chi connectivity index (χ2n) is 9.51. The molecule has 182 valence electrons. The minimum Gasteiger partial charge on any atom is -0.348 e. The maximum atomic E-state index is 14.2. The molecule has 3 aromatic carbocycles. The normalized spacial score (nSPS) is 18.0. The zero-order valence-corrected chi connectivity index (χ0v) is 20.3. The van der Waals surface area contributed by atoms with Crippen LogP contribution in [0.5, 0.6) is 0 Å². The number of hydrogen-bond acceptors (Lipinski definition) is 2. The van der Waals surface area contributed by atoms with Gasteiger partial charge < -0.3 is 10.2 Å². The summed E-state index contributed by atoms with van der Waals surface area (Å²) in [5.41, 5.74) is 4.47. The number of amides is 2. The number of hydrogen-bond donors (Lipinski definition) is 1. The molecule has 0 bridgehead atoms. The van der Waals surface area contributed by atoms with Gasteiger partial charge >= 0.3 is 0 Å². The van der Waals surface area contributed by atoms with Crippen LogP contribution in [-0.4, -0.2) is 18.4 Å². The Hall–Kier alpha value is -3.54. The molecule has 0 aliphatic carbocycles. The molecule has 1 heterocycles. The number of nitrogens with one attached hydrogen (secondary N) is 1. The lowest BCUT2D eigenvalue weighted by molar-refractivity contribution is -0.124. The van der Waals surface area contributed by atoms with Gasteiger partial charge in [0.2, 0.25) is 5.91 Å². The van der Waals surface area contributed by atoms with Gasteiger partial charge in [-0.1, -0.05) is 37.3 Å². The molecule has 0 saturated carbocycles. The van der Waals surface area contributed by atoms with E-state index in [2.05, 4.69) is 5.32 Å². The Morgan fingerprint density at radius 3 is 2.34 bits per heavy atom. The monoisotopic (exact) mass is 476 g/mol. The van der Waals surface area contributed by atoms with Crippen LogP contribution >= 0.6 is 0 Å². The maximum Gasteiger partial charge on any atom is 0.251 e. The highest BCUT2D eigenvalue weighted by atomic mass is 19.1. The van der Waals surface area contributed by atoms with Crippen LogP contribution in [0.4, 0.5) is 14.5 Å². The van der Waals surface area contributed by atoms with E-state index in [-0.39, 0.29) is 35.3 Å². The summed E-state index contributed by atoms with van der Waals surface area (Å²) in [6, 6.07) is 16.4. The SMILES string of the molecule is Cc1cc(C(=O)NCc2ccc(F)cc2)cc(C)c1N1C[C@@H](Cc2ccccc2F)C[C@@H](C)C1=O. The largest absolute Gasteiger partial charge is 0.348 e. The Labute approximate surface area is 205 Å². The van der Waals surface area contributed by atoms with Gasteiger partial charge in [-0.15, -0.1) is 0 Å². The molecule has 4 nitrogen and oxygen atoms in total. The van der Waals surface area contributed by atoms with Crippen molar-refractivity contribution in [3.05, 3.63) is 100 Å². The standard InChI is InChI=1S/C29H30F2N2O2/c1-18-13-24(28(34)32-16-21-8-10-25(30)11-9-21)14-19(2)27(18)33-17-22(12-20(3)29(33)35)15-23-6-4-5-7-26(23)31/h4-11,13-14,20,22H,12,15-17H2,1-3H3,(H,32,34)/t20-,22-/m1/s1. The minimum absolute atomic E-state index is 0.0505. The number of nitrogens with zero attached hydrogens (tertiary/aromatic N) is 1. The Balaban J connectivity index is 1.52. The van der Waals surface area contributed by atoms with Gasteiger partial charge in [-0.25, -0.2) is 8.78 Å². The summed E-state index contributed by atoms with van der Waals surface area (Å²) >= 11 is 0. The predicted octanol–water partition coefficient (Wildman–Crippen LogP) is 5.74. The van der Waals surface area contributed by atoms with Crippen LogP contribution in [0.3, 0.4) is 0 Å². The van der Waals surface area contributed by atoms with Crippen LogP contribution in [-0.2, 0) is 17.8 Å². The van der Waals surface area contributed by atoms with Crippen LogP contribution in [0.15, 0.2) is 60.7 Å². The van der Waals surface area contributed by atoms with Crippen LogP contribution in [0.1, 0.15) is 46.0 Å². The van der Waals surface area contributed by atoms with E-state index < -0.39 is 0 Å². The average Bonchev–Trinajstić information content (AvgIpc) is 2.82. The molecule has 2 amide bonds. The van der Waals surface area contributed by atoms with E-state index in [1.165, 1.54) is 18.2 Å². The number of carbonyl (C=O) groups is 2. The van der Waals surface area contributed by atoms with E-state index in [0.29, 0.717) is 37.1 Å². The average molecular weight is 477 g/mol. The van der Waals surface area contributed by atoms with E-state index in [9.17, 15) is 18.4 Å². The molecule has 0 spiro atoms. The third-order valence-corrected chi connectivity index (χ3v) is 6.67. The molecule has 1 saturated heterocycles. The van der Waals surface area contributed by atoms with Crippen molar-refractivity contribution in [1.29, 1.82) is 0 Å². The van der Waals surface area contributed by atoms with Crippen LogP contribution in [0, 0.1) is 37.3 Å². The molecule has 1 N–H and O–H groups in total. The maximum absolute atomic E-state index is 14.2. The number of rotatable bonds is 6. The molecule has 3 aromatic rings. The zero-order chi connectivity index (χ0) is 25.1. The highest BCUT2D eigenvalue weighted by Gasteiger charge is 2.34. The van der Waals surface area contributed by atoms with Gasteiger partial charge in [0.1, 0.15) is 11.6 Å². The van der Waals surface area contributed by atoms with Gasteiger partial charge in [0, 0.05) is 30.3 Å². The van der Waals surface area contributed by atoms with Crippen molar-refractivity contribution in [3.8, 4) is 0 Å². The van der Waals surface area contributed by atoms with Gasteiger partial charge in [0.25, 0.3) is 5.91 Å². The highest BCUT2D eigenvalue weighted by Crippen LogP contribution is 2.34. The summed E-state index contributed by atoms with van der Waals surface area (Å²) in [7, 11) is 0. The van der Waals surface area contributed by atoms with Gasteiger partial charge in [-0.2, -0.15) is 0 Å². The number of aryl methyl sites for hydroxylation is 2.